The standard InChI is InChI=1S/C21H28N2O2.ClH/c1-5-22-13-17-8-6-7-9-19(17)23-21(24)14-25-20-12-16(4)10-11-18(20)15(2)3;/h6-12,15,22H,5,13-14H2,1-4H3,(H,23,24);1H. The number of carbonyl (C=O) groups is 1. The number of amides is 1. The van der Waals surface area contributed by atoms with Crippen molar-refractivity contribution in [1.82, 2.24) is 5.32 Å². The van der Waals surface area contributed by atoms with E-state index in [9.17, 15) is 4.79 Å². The molecule has 0 bridgehead atoms. The number of carbonyl (C=O) groups excluding carboxylic acids is 1. The first-order valence-corrected chi connectivity index (χ1v) is 8.83. The lowest BCUT2D eigenvalue weighted by Gasteiger charge is -2.15. The van der Waals surface area contributed by atoms with Gasteiger partial charge in [0.2, 0.25) is 0 Å². The summed E-state index contributed by atoms with van der Waals surface area (Å²) in [6.07, 6.45) is 0. The van der Waals surface area contributed by atoms with Crippen molar-refractivity contribution < 1.29 is 9.53 Å². The Morgan fingerprint density at radius 1 is 1.15 bits per heavy atom. The summed E-state index contributed by atoms with van der Waals surface area (Å²) >= 11 is 0. The van der Waals surface area contributed by atoms with Gasteiger partial charge in [0.05, 0.1) is 0 Å². The molecular weight excluding hydrogens is 348 g/mol. The second-order valence-electron chi connectivity index (χ2n) is 6.47. The van der Waals surface area contributed by atoms with E-state index in [4.69, 9.17) is 4.74 Å². The molecule has 0 aliphatic heterocycles. The van der Waals surface area contributed by atoms with Crippen LogP contribution in [0, 0.1) is 6.92 Å². The van der Waals surface area contributed by atoms with E-state index >= 15 is 0 Å². The Labute approximate surface area is 162 Å². The predicted octanol–water partition coefficient (Wildman–Crippen LogP) is 4.67. The SMILES string of the molecule is CCNCc1ccccc1NC(=O)COc1cc(C)ccc1C(C)C.Cl. The van der Waals surface area contributed by atoms with Gasteiger partial charge in [-0.3, -0.25) is 4.79 Å². The molecule has 5 heteroatoms. The molecule has 0 saturated heterocycles. The fourth-order valence-corrected chi connectivity index (χ4v) is 2.63. The number of hydrogen-bond donors (Lipinski definition) is 2. The summed E-state index contributed by atoms with van der Waals surface area (Å²) < 4.78 is 5.81. The number of hydrogen-bond acceptors (Lipinski definition) is 3. The zero-order valence-electron chi connectivity index (χ0n) is 16.0. The van der Waals surface area contributed by atoms with E-state index in [1.165, 1.54) is 0 Å². The molecule has 0 spiro atoms. The van der Waals surface area contributed by atoms with Crippen molar-refractivity contribution in [3.05, 3.63) is 59.2 Å². The number of para-hydroxylation sites is 1. The molecule has 0 aromatic heterocycles. The fourth-order valence-electron chi connectivity index (χ4n) is 2.63. The van der Waals surface area contributed by atoms with Crippen LogP contribution in [0.2, 0.25) is 0 Å². The molecule has 4 nitrogen and oxygen atoms in total. The van der Waals surface area contributed by atoms with Crippen LogP contribution in [0.1, 0.15) is 43.4 Å². The topological polar surface area (TPSA) is 50.4 Å². The van der Waals surface area contributed by atoms with Crippen molar-refractivity contribution in [3.63, 3.8) is 0 Å². The molecule has 26 heavy (non-hydrogen) atoms. The Bertz CT molecular complexity index is 717. The Morgan fingerprint density at radius 3 is 2.58 bits per heavy atom. The highest BCUT2D eigenvalue weighted by Crippen LogP contribution is 2.27. The molecule has 0 aliphatic rings. The Morgan fingerprint density at radius 2 is 1.88 bits per heavy atom. The van der Waals surface area contributed by atoms with E-state index in [-0.39, 0.29) is 24.9 Å². The number of halogens is 1. The molecule has 2 rings (SSSR count). The lowest BCUT2D eigenvalue weighted by molar-refractivity contribution is -0.118. The Kier molecular flexibility index (Phi) is 9.17. The van der Waals surface area contributed by atoms with Crippen molar-refractivity contribution >= 4 is 24.0 Å². The van der Waals surface area contributed by atoms with Crippen molar-refractivity contribution in [1.29, 1.82) is 0 Å². The first-order valence-electron chi connectivity index (χ1n) is 8.83. The molecule has 0 radical (unpaired) electrons. The van der Waals surface area contributed by atoms with Gasteiger partial charge in [0, 0.05) is 12.2 Å². The van der Waals surface area contributed by atoms with Gasteiger partial charge >= 0.3 is 0 Å². The molecule has 0 unspecified atom stereocenters. The van der Waals surface area contributed by atoms with E-state index in [1.807, 2.05) is 37.3 Å². The first-order chi connectivity index (χ1) is 12.0. The van der Waals surface area contributed by atoms with Crippen LogP contribution in [-0.4, -0.2) is 19.1 Å². The summed E-state index contributed by atoms with van der Waals surface area (Å²) in [5, 5.41) is 6.23. The molecule has 0 atom stereocenters. The second kappa shape index (κ2) is 10.8. The Hall–Kier alpha value is -2.04. The average molecular weight is 377 g/mol. The summed E-state index contributed by atoms with van der Waals surface area (Å²) in [5.41, 5.74) is 4.13. The molecular formula is C21H29ClN2O2. The van der Waals surface area contributed by atoms with Crippen LogP contribution in [-0.2, 0) is 11.3 Å². The van der Waals surface area contributed by atoms with Crippen LogP contribution >= 0.6 is 12.4 Å². The van der Waals surface area contributed by atoms with Gasteiger partial charge in [-0.05, 0) is 48.2 Å². The summed E-state index contributed by atoms with van der Waals surface area (Å²) in [5.74, 6) is 0.978. The Balaban J connectivity index is 0.00000338. The quantitative estimate of drug-likeness (QED) is 0.704. The third-order valence-electron chi connectivity index (χ3n) is 4.01. The number of benzene rings is 2. The van der Waals surface area contributed by atoms with Gasteiger partial charge in [0.25, 0.3) is 5.91 Å². The van der Waals surface area contributed by atoms with Gasteiger partial charge in [-0.2, -0.15) is 0 Å². The molecule has 2 aromatic rings. The molecule has 142 valence electrons. The summed E-state index contributed by atoms with van der Waals surface area (Å²) in [4.78, 5) is 12.3. The van der Waals surface area contributed by atoms with E-state index < -0.39 is 0 Å². The number of aryl methyl sites for hydroxylation is 1. The molecule has 2 aromatic carbocycles. The highest BCUT2D eigenvalue weighted by Gasteiger charge is 2.11. The maximum Gasteiger partial charge on any atom is 0.262 e. The molecule has 0 heterocycles. The number of anilines is 1. The normalized spacial score (nSPS) is 10.3. The third-order valence-corrected chi connectivity index (χ3v) is 4.01. The van der Waals surface area contributed by atoms with Crippen molar-refractivity contribution in [2.24, 2.45) is 0 Å². The van der Waals surface area contributed by atoms with Crippen LogP contribution in [0.4, 0.5) is 5.69 Å². The zero-order chi connectivity index (χ0) is 18.2. The van der Waals surface area contributed by atoms with E-state index in [1.54, 1.807) is 0 Å². The highest BCUT2D eigenvalue weighted by molar-refractivity contribution is 5.92. The monoisotopic (exact) mass is 376 g/mol. The van der Waals surface area contributed by atoms with E-state index in [0.29, 0.717) is 5.92 Å². The van der Waals surface area contributed by atoms with Crippen LogP contribution in [0.3, 0.4) is 0 Å². The average Bonchev–Trinajstić information content (AvgIpc) is 2.59. The molecule has 2 N–H and O–H groups in total. The highest BCUT2D eigenvalue weighted by atomic mass is 35.5. The minimum absolute atomic E-state index is 0. The smallest absolute Gasteiger partial charge is 0.262 e. The van der Waals surface area contributed by atoms with Gasteiger partial charge in [-0.25, -0.2) is 0 Å². The molecule has 0 fully saturated rings. The minimum atomic E-state index is -0.153. The number of nitrogens with one attached hydrogen (secondary N) is 2. The van der Waals surface area contributed by atoms with Crippen molar-refractivity contribution in [3.8, 4) is 5.75 Å². The third kappa shape index (κ3) is 6.36. The predicted molar refractivity (Wildman–Crippen MR) is 110 cm³/mol. The molecule has 1 amide bonds. The summed E-state index contributed by atoms with van der Waals surface area (Å²) in [7, 11) is 0. The number of rotatable bonds is 8. The van der Waals surface area contributed by atoms with Crippen LogP contribution in [0.15, 0.2) is 42.5 Å². The summed E-state index contributed by atoms with van der Waals surface area (Å²) in [6, 6.07) is 13.9. The van der Waals surface area contributed by atoms with Crippen LogP contribution < -0.4 is 15.4 Å². The lowest BCUT2D eigenvalue weighted by Crippen LogP contribution is -2.22. The lowest BCUT2D eigenvalue weighted by atomic mass is 10.0. The molecule has 0 aliphatic carbocycles. The zero-order valence-corrected chi connectivity index (χ0v) is 16.8. The van der Waals surface area contributed by atoms with E-state index in [0.717, 1.165) is 41.2 Å². The van der Waals surface area contributed by atoms with Crippen molar-refractivity contribution in [2.45, 2.75) is 40.2 Å². The van der Waals surface area contributed by atoms with Gasteiger partial charge in [-0.15, -0.1) is 12.4 Å². The second-order valence-corrected chi connectivity index (χ2v) is 6.47. The molecule has 0 saturated carbocycles. The maximum absolute atomic E-state index is 12.3. The van der Waals surface area contributed by atoms with Crippen LogP contribution in [0.5, 0.6) is 5.75 Å². The first kappa shape index (κ1) is 22.0. The summed E-state index contributed by atoms with van der Waals surface area (Å²) in [6.45, 7) is 9.93. The van der Waals surface area contributed by atoms with Gasteiger partial charge < -0.3 is 15.4 Å². The van der Waals surface area contributed by atoms with Crippen LogP contribution in [0.25, 0.3) is 0 Å². The van der Waals surface area contributed by atoms with Crippen molar-refractivity contribution in [2.75, 3.05) is 18.5 Å². The van der Waals surface area contributed by atoms with Gasteiger partial charge in [0.1, 0.15) is 5.75 Å². The van der Waals surface area contributed by atoms with E-state index in [2.05, 4.69) is 43.5 Å². The number of ether oxygens (including phenoxy) is 1. The maximum atomic E-state index is 12.3. The van der Waals surface area contributed by atoms with Gasteiger partial charge in [-0.1, -0.05) is 51.1 Å². The minimum Gasteiger partial charge on any atom is -0.483 e. The fraction of sp³-hybridized carbons (Fsp3) is 0.381. The largest absolute Gasteiger partial charge is 0.483 e. The van der Waals surface area contributed by atoms with Gasteiger partial charge in [0.15, 0.2) is 6.61 Å².